The van der Waals surface area contributed by atoms with Crippen LogP contribution in [0.2, 0.25) is 0 Å². The van der Waals surface area contributed by atoms with Crippen molar-refractivity contribution in [2.24, 2.45) is 11.8 Å². The highest BCUT2D eigenvalue weighted by molar-refractivity contribution is 4.97. The van der Waals surface area contributed by atoms with E-state index in [9.17, 15) is 0 Å². The van der Waals surface area contributed by atoms with Gasteiger partial charge in [0.15, 0.2) is 0 Å². The van der Waals surface area contributed by atoms with E-state index in [2.05, 4.69) is 11.0 Å². The Bertz CT molecular complexity index is 258. The van der Waals surface area contributed by atoms with Crippen LogP contribution in [-0.2, 0) is 19.2 Å². The van der Waals surface area contributed by atoms with Gasteiger partial charge in [0.05, 0.1) is 44.5 Å². The van der Waals surface area contributed by atoms with Gasteiger partial charge in [0, 0.05) is 5.92 Å². The Labute approximate surface area is 95.2 Å². The third-order valence-electron chi connectivity index (χ3n) is 3.18. The molecule has 2 fully saturated rings. The third-order valence-corrected chi connectivity index (χ3v) is 3.18. The lowest BCUT2D eigenvalue weighted by molar-refractivity contribution is -0.307. The average molecular weight is 227 g/mol. The van der Waals surface area contributed by atoms with Crippen molar-refractivity contribution in [3.05, 3.63) is 0 Å². The summed E-state index contributed by atoms with van der Waals surface area (Å²) in [6, 6.07) is 2.27. The normalized spacial score (nSPS) is 32.6. The zero-order chi connectivity index (χ0) is 11.5. The first-order valence-corrected chi connectivity index (χ1v) is 5.58. The molecule has 5 heteroatoms. The zero-order valence-electron chi connectivity index (χ0n) is 9.59. The van der Waals surface area contributed by atoms with Crippen LogP contribution in [0.3, 0.4) is 0 Å². The largest absolute Gasteiger partial charge is 0.373 e. The number of rotatable bonds is 7. The van der Waals surface area contributed by atoms with Gasteiger partial charge in [-0.25, -0.2) is 9.78 Å². The Kier molecular flexibility index (Phi) is 3.77. The third kappa shape index (κ3) is 2.92. The van der Waals surface area contributed by atoms with Gasteiger partial charge in [-0.15, -0.1) is 0 Å². The van der Waals surface area contributed by atoms with Gasteiger partial charge in [-0.1, -0.05) is 0 Å². The molecule has 2 aliphatic rings. The summed E-state index contributed by atoms with van der Waals surface area (Å²) in [7, 11) is 1.45. The minimum absolute atomic E-state index is 0.182. The van der Waals surface area contributed by atoms with Crippen molar-refractivity contribution in [1.82, 2.24) is 0 Å². The smallest absolute Gasteiger partial charge is 0.106 e. The summed E-state index contributed by atoms with van der Waals surface area (Å²) in [5, 5.41) is 9.11. The van der Waals surface area contributed by atoms with Gasteiger partial charge in [0.25, 0.3) is 0 Å². The van der Waals surface area contributed by atoms with E-state index in [1.54, 1.807) is 0 Å². The molecule has 0 amide bonds. The number of nitrogens with zero attached hydrogens (tertiary/aromatic N) is 1. The number of ether oxygens (including phenoxy) is 2. The molecule has 0 saturated carbocycles. The summed E-state index contributed by atoms with van der Waals surface area (Å²) in [5.74, 6) is 0.144. The molecular weight excluding hydrogens is 210 g/mol. The minimum Gasteiger partial charge on any atom is -0.373 e. The molecule has 0 N–H and O–H groups in total. The maximum atomic E-state index is 9.11. The van der Waals surface area contributed by atoms with Gasteiger partial charge < -0.3 is 9.47 Å². The molecule has 0 spiro atoms. The second kappa shape index (κ2) is 5.11. The van der Waals surface area contributed by atoms with Crippen LogP contribution in [0.1, 0.15) is 13.3 Å². The molecule has 2 aliphatic heterocycles. The van der Waals surface area contributed by atoms with Crippen molar-refractivity contribution >= 4 is 0 Å². The topological polar surface area (TPSA) is 67.3 Å². The van der Waals surface area contributed by atoms with Gasteiger partial charge >= 0.3 is 0 Å². The lowest BCUT2D eigenvalue weighted by atomic mass is 9.88. The SMILES string of the molecule is COOC(C)C(C#N)CC(C1CO1)C1CO1. The fourth-order valence-electron chi connectivity index (χ4n) is 2.01. The fourth-order valence-corrected chi connectivity index (χ4v) is 2.01. The Hall–Kier alpha value is -0.670. The molecule has 2 heterocycles. The molecule has 90 valence electrons. The van der Waals surface area contributed by atoms with Crippen molar-refractivity contribution < 1.29 is 19.2 Å². The first kappa shape index (κ1) is 11.8. The van der Waals surface area contributed by atoms with Gasteiger partial charge in [-0.2, -0.15) is 5.26 Å². The van der Waals surface area contributed by atoms with Crippen LogP contribution in [0, 0.1) is 23.2 Å². The van der Waals surface area contributed by atoms with Crippen LogP contribution in [0.15, 0.2) is 0 Å². The highest BCUT2D eigenvalue weighted by atomic mass is 17.2. The van der Waals surface area contributed by atoms with Crippen LogP contribution in [-0.4, -0.2) is 38.6 Å². The predicted molar refractivity (Wildman–Crippen MR) is 54.2 cm³/mol. The highest BCUT2D eigenvalue weighted by Crippen LogP contribution is 2.36. The first-order chi connectivity index (χ1) is 7.76. The van der Waals surface area contributed by atoms with E-state index in [0.29, 0.717) is 5.92 Å². The molecule has 0 aromatic carbocycles. The van der Waals surface area contributed by atoms with Crippen molar-refractivity contribution in [2.75, 3.05) is 20.3 Å². The van der Waals surface area contributed by atoms with E-state index in [1.165, 1.54) is 7.11 Å². The second-order valence-corrected chi connectivity index (χ2v) is 4.35. The summed E-state index contributed by atoms with van der Waals surface area (Å²) >= 11 is 0. The van der Waals surface area contributed by atoms with Crippen molar-refractivity contribution in [3.8, 4) is 6.07 Å². The molecule has 4 unspecified atom stereocenters. The fraction of sp³-hybridized carbons (Fsp3) is 0.909. The Morgan fingerprint density at radius 2 is 1.94 bits per heavy atom. The Morgan fingerprint density at radius 3 is 2.31 bits per heavy atom. The first-order valence-electron chi connectivity index (χ1n) is 5.58. The lowest BCUT2D eigenvalue weighted by Gasteiger charge is -2.20. The van der Waals surface area contributed by atoms with E-state index < -0.39 is 0 Å². The number of nitriles is 1. The van der Waals surface area contributed by atoms with Gasteiger partial charge in [-0.05, 0) is 13.3 Å². The Morgan fingerprint density at radius 1 is 1.38 bits per heavy atom. The van der Waals surface area contributed by atoms with E-state index in [4.69, 9.17) is 19.6 Å². The molecule has 0 aliphatic carbocycles. The summed E-state index contributed by atoms with van der Waals surface area (Å²) in [6.45, 7) is 3.43. The van der Waals surface area contributed by atoms with Gasteiger partial charge in [0.1, 0.15) is 6.10 Å². The molecule has 0 radical (unpaired) electrons. The van der Waals surface area contributed by atoms with E-state index in [-0.39, 0.29) is 24.2 Å². The van der Waals surface area contributed by atoms with Crippen LogP contribution in [0.4, 0.5) is 0 Å². The summed E-state index contributed by atoms with van der Waals surface area (Å²) in [5.41, 5.74) is 0. The highest BCUT2D eigenvalue weighted by Gasteiger charge is 2.45. The Balaban J connectivity index is 1.86. The van der Waals surface area contributed by atoms with Crippen molar-refractivity contribution in [3.63, 3.8) is 0 Å². The molecular formula is C11H17NO4. The number of epoxide rings is 2. The standard InChI is InChI=1S/C11H17NO4/c1-7(16-13-2)8(4-12)3-9(10-5-14-10)11-6-15-11/h7-11H,3,5-6H2,1-2H3. The van der Waals surface area contributed by atoms with Crippen LogP contribution < -0.4 is 0 Å². The van der Waals surface area contributed by atoms with Gasteiger partial charge in [0.2, 0.25) is 0 Å². The predicted octanol–water partition coefficient (Wildman–Crippen LogP) is 0.897. The summed E-state index contributed by atoms with van der Waals surface area (Å²) in [6.07, 6.45) is 1.07. The van der Waals surface area contributed by atoms with Crippen molar-refractivity contribution in [1.29, 1.82) is 5.26 Å². The zero-order valence-corrected chi connectivity index (χ0v) is 9.59. The monoisotopic (exact) mass is 227 g/mol. The van der Waals surface area contributed by atoms with Crippen LogP contribution in [0.25, 0.3) is 0 Å². The van der Waals surface area contributed by atoms with E-state index in [1.807, 2.05) is 6.92 Å². The molecule has 2 saturated heterocycles. The molecule has 5 nitrogen and oxygen atoms in total. The molecule has 0 aromatic heterocycles. The van der Waals surface area contributed by atoms with Crippen LogP contribution in [0.5, 0.6) is 0 Å². The maximum Gasteiger partial charge on any atom is 0.106 e. The minimum atomic E-state index is -0.227. The maximum absolute atomic E-state index is 9.11. The second-order valence-electron chi connectivity index (χ2n) is 4.35. The average Bonchev–Trinajstić information content (AvgIpc) is 3.14. The number of hydrogen-bond acceptors (Lipinski definition) is 5. The van der Waals surface area contributed by atoms with Crippen molar-refractivity contribution in [2.45, 2.75) is 31.7 Å². The lowest BCUT2D eigenvalue weighted by Crippen LogP contribution is -2.26. The van der Waals surface area contributed by atoms with E-state index >= 15 is 0 Å². The number of hydrogen-bond donors (Lipinski definition) is 0. The summed E-state index contributed by atoms with van der Waals surface area (Å²) in [4.78, 5) is 9.60. The molecule has 16 heavy (non-hydrogen) atoms. The molecule has 0 bridgehead atoms. The molecule has 4 atom stereocenters. The van der Waals surface area contributed by atoms with E-state index in [0.717, 1.165) is 19.6 Å². The van der Waals surface area contributed by atoms with Gasteiger partial charge in [-0.3, -0.25) is 0 Å². The van der Waals surface area contributed by atoms with Crippen LogP contribution >= 0.6 is 0 Å². The quantitative estimate of drug-likeness (QED) is 0.367. The summed E-state index contributed by atoms with van der Waals surface area (Å²) < 4.78 is 10.6. The molecule has 2 rings (SSSR count). The molecule has 0 aromatic rings.